The van der Waals surface area contributed by atoms with Crippen molar-refractivity contribution in [2.24, 2.45) is 0 Å². The number of rotatable bonds is 3. The molecule has 0 radical (unpaired) electrons. The number of nitrogens with one attached hydrogen (secondary N) is 2. The largest absolute Gasteiger partial charge is 0.381 e. The average Bonchev–Trinajstić information content (AvgIpc) is 2.40. The van der Waals surface area contributed by atoms with E-state index >= 15 is 0 Å². The van der Waals surface area contributed by atoms with Crippen LogP contribution in [0.1, 0.15) is 23.2 Å². The monoisotopic (exact) mass is 250 g/mol. The van der Waals surface area contributed by atoms with Crippen molar-refractivity contribution in [3.8, 4) is 0 Å². The summed E-state index contributed by atoms with van der Waals surface area (Å²) in [6.07, 6.45) is 2.53. The summed E-state index contributed by atoms with van der Waals surface area (Å²) in [5.74, 6) is 2.43. The third kappa shape index (κ3) is 3.40. The predicted molar refractivity (Wildman–Crippen MR) is 73.8 cm³/mol. The Bertz CT molecular complexity index is 372. The molecule has 2 rings (SSSR count). The van der Waals surface area contributed by atoms with E-state index in [4.69, 9.17) is 0 Å². The molecule has 17 heavy (non-hydrogen) atoms. The topological polar surface area (TPSA) is 41.1 Å². The minimum Gasteiger partial charge on any atom is -0.381 e. The van der Waals surface area contributed by atoms with E-state index in [0.29, 0.717) is 11.6 Å². The highest BCUT2D eigenvalue weighted by molar-refractivity contribution is 7.99. The molecular formula is C13H18N2OS. The molecule has 1 saturated heterocycles. The van der Waals surface area contributed by atoms with Crippen molar-refractivity contribution in [3.05, 3.63) is 29.8 Å². The number of amides is 1. The Morgan fingerprint density at radius 1 is 1.35 bits per heavy atom. The third-order valence-corrected chi connectivity index (χ3v) is 4.12. The maximum Gasteiger partial charge on any atom is 0.251 e. The smallest absolute Gasteiger partial charge is 0.251 e. The van der Waals surface area contributed by atoms with Crippen molar-refractivity contribution in [1.82, 2.24) is 5.32 Å². The van der Waals surface area contributed by atoms with Gasteiger partial charge in [-0.2, -0.15) is 11.8 Å². The van der Waals surface area contributed by atoms with Gasteiger partial charge in [0, 0.05) is 30.1 Å². The molecule has 0 bridgehead atoms. The summed E-state index contributed by atoms with van der Waals surface area (Å²) in [5.41, 5.74) is 1.81. The van der Waals surface area contributed by atoms with Crippen LogP contribution in [0.15, 0.2) is 24.3 Å². The lowest BCUT2D eigenvalue weighted by Gasteiger charge is -2.23. The van der Waals surface area contributed by atoms with Gasteiger partial charge in [0.25, 0.3) is 5.91 Å². The fraction of sp³-hybridized carbons (Fsp3) is 0.462. The lowest BCUT2D eigenvalue weighted by atomic mass is 10.1. The predicted octanol–water partition coefficient (Wildman–Crippen LogP) is 2.35. The first kappa shape index (κ1) is 12.3. The van der Waals surface area contributed by atoms with E-state index < -0.39 is 0 Å². The van der Waals surface area contributed by atoms with Crippen LogP contribution < -0.4 is 10.6 Å². The van der Waals surface area contributed by atoms with Gasteiger partial charge in [-0.3, -0.25) is 4.79 Å². The quantitative estimate of drug-likeness (QED) is 0.865. The van der Waals surface area contributed by atoms with E-state index in [1.807, 2.05) is 36.0 Å². The van der Waals surface area contributed by atoms with Crippen molar-refractivity contribution in [3.63, 3.8) is 0 Å². The number of carbonyl (C=O) groups is 1. The molecule has 0 aliphatic carbocycles. The number of hydrogen-bond acceptors (Lipinski definition) is 3. The molecule has 1 aliphatic heterocycles. The molecule has 1 fully saturated rings. The first-order valence-corrected chi connectivity index (χ1v) is 7.11. The third-order valence-electron chi connectivity index (χ3n) is 2.91. The van der Waals surface area contributed by atoms with Gasteiger partial charge >= 0.3 is 0 Å². The first-order valence-electron chi connectivity index (χ1n) is 5.96. The van der Waals surface area contributed by atoms with Crippen molar-refractivity contribution < 1.29 is 4.79 Å². The van der Waals surface area contributed by atoms with Gasteiger partial charge in [0.05, 0.1) is 0 Å². The molecule has 0 saturated carbocycles. The van der Waals surface area contributed by atoms with E-state index in [-0.39, 0.29) is 5.91 Å². The molecule has 1 aromatic rings. The number of anilines is 1. The van der Waals surface area contributed by atoms with Crippen LogP contribution in [0.5, 0.6) is 0 Å². The highest BCUT2D eigenvalue weighted by Gasteiger charge is 2.13. The fourth-order valence-corrected chi connectivity index (χ4v) is 3.02. The van der Waals surface area contributed by atoms with Gasteiger partial charge in [-0.25, -0.2) is 0 Å². The second-order valence-electron chi connectivity index (χ2n) is 4.21. The second-order valence-corrected chi connectivity index (χ2v) is 5.36. The number of thioether (sulfide) groups is 1. The number of carbonyl (C=O) groups excluding carboxylic acids is 1. The summed E-state index contributed by atoms with van der Waals surface area (Å²) in [5, 5.41) is 6.13. The van der Waals surface area contributed by atoms with Gasteiger partial charge in [0.1, 0.15) is 0 Å². The summed E-state index contributed by atoms with van der Waals surface area (Å²) in [7, 11) is 1.65. The maximum absolute atomic E-state index is 11.4. The zero-order valence-corrected chi connectivity index (χ0v) is 10.8. The van der Waals surface area contributed by atoms with Crippen LogP contribution in [0.2, 0.25) is 0 Å². The summed E-state index contributed by atoms with van der Waals surface area (Å²) in [6, 6.07) is 8.24. The summed E-state index contributed by atoms with van der Waals surface area (Å²) < 4.78 is 0. The van der Waals surface area contributed by atoms with Crippen molar-refractivity contribution in [2.75, 3.05) is 23.9 Å². The molecule has 0 spiro atoms. The SMILES string of the molecule is CNC(=O)c1ccc(NC2CCCSC2)cc1. The van der Waals surface area contributed by atoms with Crippen LogP contribution in [0.25, 0.3) is 0 Å². The second kappa shape index (κ2) is 5.96. The lowest BCUT2D eigenvalue weighted by molar-refractivity contribution is 0.0963. The maximum atomic E-state index is 11.4. The summed E-state index contributed by atoms with van der Waals surface area (Å²) in [4.78, 5) is 11.4. The Balaban J connectivity index is 1.95. The average molecular weight is 250 g/mol. The molecule has 1 amide bonds. The lowest BCUT2D eigenvalue weighted by Crippen LogP contribution is -2.25. The van der Waals surface area contributed by atoms with Crippen LogP contribution in [-0.4, -0.2) is 30.5 Å². The molecule has 2 N–H and O–H groups in total. The molecule has 3 nitrogen and oxygen atoms in total. The molecule has 92 valence electrons. The Kier molecular flexibility index (Phi) is 4.31. The number of benzene rings is 1. The fourth-order valence-electron chi connectivity index (χ4n) is 1.95. The summed E-state index contributed by atoms with van der Waals surface area (Å²) in [6.45, 7) is 0. The highest BCUT2D eigenvalue weighted by atomic mass is 32.2. The van der Waals surface area contributed by atoms with E-state index in [1.54, 1.807) is 7.05 Å². The Morgan fingerprint density at radius 2 is 2.12 bits per heavy atom. The molecule has 1 heterocycles. The van der Waals surface area contributed by atoms with Gasteiger partial charge in [0.2, 0.25) is 0 Å². The molecule has 1 unspecified atom stereocenters. The summed E-state index contributed by atoms with van der Waals surface area (Å²) >= 11 is 2.01. The van der Waals surface area contributed by atoms with Gasteiger partial charge in [0.15, 0.2) is 0 Å². The molecular weight excluding hydrogens is 232 g/mol. The van der Waals surface area contributed by atoms with Crippen molar-refractivity contribution >= 4 is 23.4 Å². The Morgan fingerprint density at radius 3 is 2.71 bits per heavy atom. The Labute approximate surface area is 106 Å². The Hall–Kier alpha value is -1.16. The molecule has 1 aromatic carbocycles. The van der Waals surface area contributed by atoms with E-state index in [1.165, 1.54) is 24.3 Å². The standard InChI is InChI=1S/C13H18N2OS/c1-14-13(16)10-4-6-11(7-5-10)15-12-3-2-8-17-9-12/h4-7,12,15H,2-3,8-9H2,1H3,(H,14,16). The zero-order valence-electron chi connectivity index (χ0n) is 10.0. The molecule has 0 aromatic heterocycles. The van der Waals surface area contributed by atoms with Crippen LogP contribution in [0.3, 0.4) is 0 Å². The van der Waals surface area contributed by atoms with Crippen molar-refractivity contribution in [1.29, 1.82) is 0 Å². The minimum atomic E-state index is -0.0372. The van der Waals surface area contributed by atoms with E-state index in [9.17, 15) is 4.79 Å². The van der Waals surface area contributed by atoms with Gasteiger partial charge in [-0.15, -0.1) is 0 Å². The zero-order chi connectivity index (χ0) is 12.1. The normalized spacial score (nSPS) is 19.7. The van der Waals surface area contributed by atoms with Crippen LogP contribution in [0, 0.1) is 0 Å². The molecule has 1 atom stereocenters. The van der Waals surface area contributed by atoms with Gasteiger partial charge in [-0.05, 0) is 42.9 Å². The molecule has 4 heteroatoms. The van der Waals surface area contributed by atoms with E-state index in [0.717, 1.165) is 5.69 Å². The van der Waals surface area contributed by atoms with E-state index in [2.05, 4.69) is 10.6 Å². The van der Waals surface area contributed by atoms with Crippen LogP contribution >= 0.6 is 11.8 Å². The highest BCUT2D eigenvalue weighted by Crippen LogP contribution is 2.21. The molecule has 1 aliphatic rings. The van der Waals surface area contributed by atoms with Crippen LogP contribution in [0.4, 0.5) is 5.69 Å². The van der Waals surface area contributed by atoms with Gasteiger partial charge in [-0.1, -0.05) is 0 Å². The van der Waals surface area contributed by atoms with Crippen LogP contribution in [-0.2, 0) is 0 Å². The van der Waals surface area contributed by atoms with Gasteiger partial charge < -0.3 is 10.6 Å². The van der Waals surface area contributed by atoms with Crippen molar-refractivity contribution in [2.45, 2.75) is 18.9 Å². The minimum absolute atomic E-state index is 0.0372. The first-order chi connectivity index (χ1) is 8.29. The number of hydrogen-bond donors (Lipinski definition) is 2.